The molecule has 6 aromatic rings. The van der Waals surface area contributed by atoms with E-state index in [4.69, 9.17) is 4.98 Å². The molecule has 0 aliphatic rings. The average Bonchev–Trinajstić information content (AvgIpc) is 3.51. The molecule has 0 aliphatic heterocycles. The van der Waals surface area contributed by atoms with E-state index in [0.717, 1.165) is 33.3 Å². The number of benzene rings is 1. The van der Waals surface area contributed by atoms with Gasteiger partial charge in [0, 0.05) is 42.3 Å². The van der Waals surface area contributed by atoms with Gasteiger partial charge in [-0.2, -0.15) is 10.2 Å². The van der Waals surface area contributed by atoms with E-state index < -0.39 is 0 Å². The Hall–Kier alpha value is -4.40. The topological polar surface area (TPSA) is 101 Å². The maximum atomic E-state index is 13.3. The highest BCUT2D eigenvalue weighted by molar-refractivity contribution is 5.96. The Kier molecular flexibility index (Phi) is 3.69. The van der Waals surface area contributed by atoms with Crippen molar-refractivity contribution < 1.29 is 4.39 Å². The van der Waals surface area contributed by atoms with Gasteiger partial charge in [-0.15, -0.1) is 0 Å². The second-order valence-corrected chi connectivity index (χ2v) is 7.24. The zero-order chi connectivity index (χ0) is 20.9. The van der Waals surface area contributed by atoms with Gasteiger partial charge in [0.05, 0.1) is 22.8 Å². The molecule has 1 aromatic carbocycles. The molecular weight excluding hydrogens is 395 g/mol. The first kappa shape index (κ1) is 17.5. The third-order valence-corrected chi connectivity index (χ3v) is 5.20. The zero-order valence-electron chi connectivity index (χ0n) is 16.3. The van der Waals surface area contributed by atoms with Crippen LogP contribution in [-0.2, 0) is 7.05 Å². The monoisotopic (exact) mass is 410 g/mol. The molecule has 9 heteroatoms. The minimum Gasteiger partial charge on any atom is -0.337 e. The number of fused-ring (bicyclic) bond motifs is 2. The quantitative estimate of drug-likeness (QED) is 0.457. The molecule has 31 heavy (non-hydrogen) atoms. The van der Waals surface area contributed by atoms with E-state index in [1.807, 2.05) is 25.4 Å². The molecule has 2 N–H and O–H groups in total. The van der Waals surface area contributed by atoms with Crippen LogP contribution in [0, 0.1) is 5.82 Å². The molecule has 0 aliphatic carbocycles. The lowest BCUT2D eigenvalue weighted by Crippen LogP contribution is -1.86. The molecule has 150 valence electrons. The highest BCUT2D eigenvalue weighted by atomic mass is 19.1. The van der Waals surface area contributed by atoms with Crippen LogP contribution in [0.15, 0.2) is 61.2 Å². The molecule has 0 saturated carbocycles. The van der Waals surface area contributed by atoms with E-state index >= 15 is 0 Å². The van der Waals surface area contributed by atoms with E-state index in [9.17, 15) is 4.39 Å². The number of hydrogen-bond acceptors (Lipinski definition) is 5. The molecule has 0 fully saturated rings. The van der Waals surface area contributed by atoms with Crippen LogP contribution < -0.4 is 0 Å². The van der Waals surface area contributed by atoms with Crippen LogP contribution in [0.5, 0.6) is 0 Å². The van der Waals surface area contributed by atoms with E-state index in [2.05, 4.69) is 30.2 Å². The Bertz CT molecular complexity index is 1560. The van der Waals surface area contributed by atoms with Gasteiger partial charge in [0.15, 0.2) is 11.5 Å². The Morgan fingerprint density at radius 2 is 1.84 bits per heavy atom. The molecule has 8 nitrogen and oxygen atoms in total. The normalized spacial score (nSPS) is 11.5. The van der Waals surface area contributed by atoms with Gasteiger partial charge in [-0.05, 0) is 36.4 Å². The summed E-state index contributed by atoms with van der Waals surface area (Å²) in [5, 5.41) is 12.4. The average molecular weight is 410 g/mol. The van der Waals surface area contributed by atoms with E-state index in [-0.39, 0.29) is 5.82 Å². The number of nitrogens with one attached hydrogen (secondary N) is 2. The minimum atomic E-state index is -0.292. The van der Waals surface area contributed by atoms with Crippen molar-refractivity contribution in [3.8, 4) is 33.9 Å². The van der Waals surface area contributed by atoms with E-state index in [1.54, 1.807) is 35.4 Å². The van der Waals surface area contributed by atoms with Crippen LogP contribution in [-0.4, -0.2) is 39.9 Å². The highest BCUT2D eigenvalue weighted by Gasteiger charge is 2.16. The van der Waals surface area contributed by atoms with Crippen molar-refractivity contribution >= 4 is 22.1 Å². The Morgan fingerprint density at radius 3 is 2.65 bits per heavy atom. The molecule has 6 rings (SSSR count). The number of imidazole rings is 1. The third-order valence-electron chi connectivity index (χ3n) is 5.20. The second kappa shape index (κ2) is 6.56. The Morgan fingerprint density at radius 1 is 0.968 bits per heavy atom. The summed E-state index contributed by atoms with van der Waals surface area (Å²) in [4.78, 5) is 17.1. The summed E-state index contributed by atoms with van der Waals surface area (Å²) in [5.41, 5.74) is 6.23. The van der Waals surface area contributed by atoms with E-state index in [0.29, 0.717) is 22.7 Å². The van der Waals surface area contributed by atoms with Gasteiger partial charge in [-0.25, -0.2) is 14.4 Å². The first-order chi connectivity index (χ1) is 15.2. The fourth-order valence-corrected chi connectivity index (χ4v) is 3.68. The molecule has 5 heterocycles. The van der Waals surface area contributed by atoms with Crippen molar-refractivity contribution in [2.24, 2.45) is 7.05 Å². The van der Waals surface area contributed by atoms with E-state index in [1.165, 1.54) is 12.1 Å². The minimum absolute atomic E-state index is 0.292. The molecule has 0 unspecified atom stereocenters. The molecule has 0 radical (unpaired) electrons. The summed E-state index contributed by atoms with van der Waals surface area (Å²) in [6, 6.07) is 10.1. The van der Waals surface area contributed by atoms with Gasteiger partial charge >= 0.3 is 0 Å². The Labute approximate surface area is 174 Å². The summed E-state index contributed by atoms with van der Waals surface area (Å²) >= 11 is 0. The maximum absolute atomic E-state index is 13.3. The lowest BCUT2D eigenvalue weighted by Gasteiger charge is -2.01. The number of H-pyrrole nitrogens is 2. The van der Waals surface area contributed by atoms with Gasteiger partial charge in [-0.3, -0.25) is 14.8 Å². The fourth-order valence-electron chi connectivity index (χ4n) is 3.68. The van der Waals surface area contributed by atoms with Crippen molar-refractivity contribution in [1.82, 2.24) is 39.9 Å². The number of pyridine rings is 2. The van der Waals surface area contributed by atoms with Crippen molar-refractivity contribution in [2.45, 2.75) is 0 Å². The zero-order valence-corrected chi connectivity index (χ0v) is 16.3. The van der Waals surface area contributed by atoms with Crippen molar-refractivity contribution in [2.75, 3.05) is 0 Å². The highest BCUT2D eigenvalue weighted by Crippen LogP contribution is 2.31. The third kappa shape index (κ3) is 2.86. The number of aromatic nitrogens is 8. The molecule has 0 saturated heterocycles. The van der Waals surface area contributed by atoms with Crippen LogP contribution in [0.2, 0.25) is 0 Å². The second-order valence-electron chi connectivity index (χ2n) is 7.24. The van der Waals surface area contributed by atoms with Crippen LogP contribution in [0.3, 0.4) is 0 Å². The molecule has 0 amide bonds. The number of aromatic amines is 2. The maximum Gasteiger partial charge on any atom is 0.181 e. The number of hydrogen-bond donors (Lipinski definition) is 2. The predicted octanol–water partition coefficient (Wildman–Crippen LogP) is 4.10. The lowest BCUT2D eigenvalue weighted by atomic mass is 10.1. The van der Waals surface area contributed by atoms with Crippen molar-refractivity contribution in [3.63, 3.8) is 0 Å². The standard InChI is InChI=1S/C22H15FN8/c1-31-11-14(10-26-31)13-8-16-19(29-30-21(16)25-9-13)22-27-17-6-7-24-18(20(17)28-22)12-2-4-15(23)5-3-12/h2-11H,1H3,(H,27,28)(H,25,29,30). The lowest BCUT2D eigenvalue weighted by molar-refractivity contribution is 0.628. The fraction of sp³-hybridized carbons (Fsp3) is 0.0455. The van der Waals surface area contributed by atoms with Gasteiger partial charge in [0.25, 0.3) is 0 Å². The first-order valence-corrected chi connectivity index (χ1v) is 9.60. The van der Waals surface area contributed by atoms with Crippen molar-refractivity contribution in [3.05, 3.63) is 67.0 Å². The van der Waals surface area contributed by atoms with Gasteiger partial charge in [0.1, 0.15) is 17.0 Å². The molecular formula is C22H15FN8. The summed E-state index contributed by atoms with van der Waals surface area (Å²) in [6.45, 7) is 0. The van der Waals surface area contributed by atoms with Crippen LogP contribution in [0.25, 0.3) is 56.0 Å². The van der Waals surface area contributed by atoms with Crippen LogP contribution in [0.4, 0.5) is 4.39 Å². The van der Waals surface area contributed by atoms with Gasteiger partial charge in [-0.1, -0.05) is 0 Å². The van der Waals surface area contributed by atoms with Crippen LogP contribution in [0.1, 0.15) is 0 Å². The summed E-state index contributed by atoms with van der Waals surface area (Å²) in [5.74, 6) is 0.332. The smallest absolute Gasteiger partial charge is 0.181 e. The van der Waals surface area contributed by atoms with Crippen LogP contribution >= 0.6 is 0 Å². The first-order valence-electron chi connectivity index (χ1n) is 9.60. The van der Waals surface area contributed by atoms with Gasteiger partial charge in [0.2, 0.25) is 0 Å². The SMILES string of the molecule is Cn1cc(-c2cnc3n[nH]c(-c4nc5c(-c6ccc(F)cc6)nccc5[nH]4)c3c2)cn1. The molecule has 5 aromatic heterocycles. The summed E-state index contributed by atoms with van der Waals surface area (Å²) < 4.78 is 15.1. The molecule has 0 bridgehead atoms. The summed E-state index contributed by atoms with van der Waals surface area (Å²) in [7, 11) is 1.87. The largest absolute Gasteiger partial charge is 0.337 e. The van der Waals surface area contributed by atoms with Gasteiger partial charge < -0.3 is 4.98 Å². The number of rotatable bonds is 3. The Balaban J connectivity index is 1.50. The molecule has 0 atom stereocenters. The number of halogens is 1. The van der Waals surface area contributed by atoms with Crippen molar-refractivity contribution in [1.29, 1.82) is 0 Å². The number of aryl methyl sites for hydroxylation is 1. The predicted molar refractivity (Wildman–Crippen MR) is 114 cm³/mol. The number of nitrogens with zero attached hydrogens (tertiary/aromatic N) is 6. The summed E-state index contributed by atoms with van der Waals surface area (Å²) in [6.07, 6.45) is 7.21. The molecule has 0 spiro atoms.